The molecule has 0 aliphatic carbocycles. The van der Waals surface area contributed by atoms with E-state index in [1.54, 1.807) is 7.11 Å². The summed E-state index contributed by atoms with van der Waals surface area (Å²) in [6.07, 6.45) is 3.52. The second kappa shape index (κ2) is 3.52. The standard InChI is InChI=1S/C13H16N2O/c1-16-11-5-6-12-9(8-11)7-10-3-2-4-13(14)15(10)12/h5-8,13H,2-4,14H2,1H3. The van der Waals surface area contributed by atoms with Gasteiger partial charge in [-0.3, -0.25) is 0 Å². The highest BCUT2D eigenvalue weighted by atomic mass is 16.5. The molecule has 0 saturated heterocycles. The highest BCUT2D eigenvalue weighted by Crippen LogP contribution is 2.31. The van der Waals surface area contributed by atoms with Gasteiger partial charge in [-0.05, 0) is 43.5 Å². The van der Waals surface area contributed by atoms with E-state index in [4.69, 9.17) is 10.5 Å². The van der Waals surface area contributed by atoms with Crippen LogP contribution in [0.25, 0.3) is 10.9 Å². The van der Waals surface area contributed by atoms with Crippen molar-refractivity contribution in [3.63, 3.8) is 0 Å². The normalized spacial score (nSPS) is 19.8. The van der Waals surface area contributed by atoms with Crippen LogP contribution in [-0.4, -0.2) is 11.7 Å². The van der Waals surface area contributed by atoms with Crippen LogP contribution in [0.1, 0.15) is 24.7 Å². The summed E-state index contributed by atoms with van der Waals surface area (Å²) in [5, 5.41) is 1.23. The molecule has 0 saturated carbocycles. The smallest absolute Gasteiger partial charge is 0.119 e. The lowest BCUT2D eigenvalue weighted by molar-refractivity contribution is 0.414. The molecule has 3 heteroatoms. The van der Waals surface area contributed by atoms with Crippen LogP contribution in [0.15, 0.2) is 24.3 Å². The van der Waals surface area contributed by atoms with E-state index in [1.165, 1.54) is 23.0 Å². The summed E-state index contributed by atoms with van der Waals surface area (Å²) in [7, 11) is 1.70. The number of aryl methyl sites for hydroxylation is 1. The molecule has 1 aromatic heterocycles. The molecule has 1 unspecified atom stereocenters. The third kappa shape index (κ3) is 1.32. The van der Waals surface area contributed by atoms with Crippen molar-refractivity contribution >= 4 is 10.9 Å². The van der Waals surface area contributed by atoms with Gasteiger partial charge in [0.2, 0.25) is 0 Å². The minimum atomic E-state index is 0.134. The molecule has 2 aromatic rings. The van der Waals surface area contributed by atoms with E-state index in [0.717, 1.165) is 18.6 Å². The number of nitrogens with zero attached hydrogens (tertiary/aromatic N) is 1. The number of aromatic nitrogens is 1. The molecule has 1 aliphatic rings. The summed E-state index contributed by atoms with van der Waals surface area (Å²) in [4.78, 5) is 0. The molecule has 0 spiro atoms. The summed E-state index contributed by atoms with van der Waals surface area (Å²) >= 11 is 0. The Hall–Kier alpha value is -1.48. The van der Waals surface area contributed by atoms with E-state index in [1.807, 2.05) is 6.07 Å². The molecule has 1 aliphatic heterocycles. The van der Waals surface area contributed by atoms with Gasteiger partial charge >= 0.3 is 0 Å². The lowest BCUT2D eigenvalue weighted by atomic mass is 10.1. The SMILES string of the molecule is COc1ccc2c(c1)cc1n2C(N)CCC1. The van der Waals surface area contributed by atoms with Gasteiger partial charge in [0.25, 0.3) is 0 Å². The van der Waals surface area contributed by atoms with E-state index in [9.17, 15) is 0 Å². The van der Waals surface area contributed by atoms with Crippen molar-refractivity contribution in [2.24, 2.45) is 5.73 Å². The van der Waals surface area contributed by atoms with E-state index in [2.05, 4.69) is 22.8 Å². The zero-order valence-corrected chi connectivity index (χ0v) is 9.44. The maximum Gasteiger partial charge on any atom is 0.119 e. The molecule has 84 valence electrons. The molecular formula is C13H16N2O. The van der Waals surface area contributed by atoms with Gasteiger partial charge in [-0.15, -0.1) is 0 Å². The molecule has 0 radical (unpaired) electrons. The predicted molar refractivity (Wildman–Crippen MR) is 64.7 cm³/mol. The Kier molecular flexibility index (Phi) is 2.14. The molecule has 2 heterocycles. The minimum absolute atomic E-state index is 0.134. The number of fused-ring (bicyclic) bond motifs is 3. The van der Waals surface area contributed by atoms with Crippen molar-refractivity contribution in [3.8, 4) is 5.75 Å². The minimum Gasteiger partial charge on any atom is -0.497 e. The monoisotopic (exact) mass is 216 g/mol. The Morgan fingerprint density at radius 3 is 3.06 bits per heavy atom. The quantitative estimate of drug-likeness (QED) is 0.795. The van der Waals surface area contributed by atoms with Crippen molar-refractivity contribution in [3.05, 3.63) is 30.0 Å². The van der Waals surface area contributed by atoms with Gasteiger partial charge in [-0.25, -0.2) is 0 Å². The lowest BCUT2D eigenvalue weighted by Gasteiger charge is -2.23. The number of hydrogen-bond acceptors (Lipinski definition) is 2. The zero-order valence-electron chi connectivity index (χ0n) is 9.44. The van der Waals surface area contributed by atoms with Crippen LogP contribution in [0.2, 0.25) is 0 Å². The van der Waals surface area contributed by atoms with Gasteiger partial charge in [0, 0.05) is 16.6 Å². The van der Waals surface area contributed by atoms with Gasteiger partial charge < -0.3 is 15.0 Å². The Bertz CT molecular complexity index is 530. The van der Waals surface area contributed by atoms with Gasteiger partial charge in [-0.2, -0.15) is 0 Å². The summed E-state index contributed by atoms with van der Waals surface area (Å²) in [5.74, 6) is 0.906. The second-order valence-corrected chi connectivity index (χ2v) is 4.39. The third-order valence-corrected chi connectivity index (χ3v) is 3.39. The molecule has 3 rings (SSSR count). The van der Waals surface area contributed by atoms with Crippen LogP contribution < -0.4 is 10.5 Å². The average Bonchev–Trinajstić information content (AvgIpc) is 2.67. The van der Waals surface area contributed by atoms with Crippen LogP contribution >= 0.6 is 0 Å². The average molecular weight is 216 g/mol. The number of methoxy groups -OCH3 is 1. The van der Waals surface area contributed by atoms with Crippen LogP contribution in [0.4, 0.5) is 0 Å². The lowest BCUT2D eigenvalue weighted by Crippen LogP contribution is -2.24. The number of nitrogens with two attached hydrogens (primary N) is 1. The number of rotatable bonds is 1. The molecule has 3 nitrogen and oxygen atoms in total. The van der Waals surface area contributed by atoms with Crippen molar-refractivity contribution in [1.82, 2.24) is 4.57 Å². The first-order valence-corrected chi connectivity index (χ1v) is 5.73. The highest BCUT2D eigenvalue weighted by molar-refractivity contribution is 5.83. The number of ether oxygens (including phenoxy) is 1. The van der Waals surface area contributed by atoms with E-state index in [-0.39, 0.29) is 6.17 Å². The molecule has 1 atom stereocenters. The fourth-order valence-electron chi connectivity index (χ4n) is 2.60. The maximum atomic E-state index is 6.16. The van der Waals surface area contributed by atoms with Crippen LogP contribution in [0, 0.1) is 0 Å². The Balaban J connectivity index is 2.24. The van der Waals surface area contributed by atoms with Crippen LogP contribution in [-0.2, 0) is 6.42 Å². The van der Waals surface area contributed by atoms with E-state index >= 15 is 0 Å². The Labute approximate surface area is 94.8 Å². The first kappa shape index (κ1) is 9.73. The van der Waals surface area contributed by atoms with Crippen LogP contribution in [0.3, 0.4) is 0 Å². The third-order valence-electron chi connectivity index (χ3n) is 3.39. The summed E-state index contributed by atoms with van der Waals surface area (Å²) in [6, 6.07) is 8.41. The molecule has 1 aromatic carbocycles. The van der Waals surface area contributed by atoms with Crippen molar-refractivity contribution in [2.75, 3.05) is 7.11 Å². The van der Waals surface area contributed by atoms with Crippen molar-refractivity contribution in [1.29, 1.82) is 0 Å². The molecule has 0 amide bonds. The van der Waals surface area contributed by atoms with Gasteiger partial charge in [0.1, 0.15) is 5.75 Å². The topological polar surface area (TPSA) is 40.2 Å². The Morgan fingerprint density at radius 1 is 1.38 bits per heavy atom. The molecular weight excluding hydrogens is 200 g/mol. The zero-order chi connectivity index (χ0) is 11.1. The fraction of sp³-hybridized carbons (Fsp3) is 0.385. The van der Waals surface area contributed by atoms with Crippen molar-refractivity contribution in [2.45, 2.75) is 25.4 Å². The molecule has 2 N–H and O–H groups in total. The summed E-state index contributed by atoms with van der Waals surface area (Å²) in [6.45, 7) is 0. The summed E-state index contributed by atoms with van der Waals surface area (Å²) < 4.78 is 7.50. The largest absolute Gasteiger partial charge is 0.497 e. The van der Waals surface area contributed by atoms with E-state index in [0.29, 0.717) is 0 Å². The Morgan fingerprint density at radius 2 is 2.25 bits per heavy atom. The number of hydrogen-bond donors (Lipinski definition) is 1. The number of benzene rings is 1. The van der Waals surface area contributed by atoms with Gasteiger partial charge in [0.05, 0.1) is 13.3 Å². The first-order chi connectivity index (χ1) is 7.79. The molecule has 0 bridgehead atoms. The molecule has 16 heavy (non-hydrogen) atoms. The van der Waals surface area contributed by atoms with Gasteiger partial charge in [0.15, 0.2) is 0 Å². The summed E-state index contributed by atoms with van der Waals surface area (Å²) in [5.41, 5.74) is 8.73. The second-order valence-electron chi connectivity index (χ2n) is 4.39. The van der Waals surface area contributed by atoms with Gasteiger partial charge in [-0.1, -0.05) is 0 Å². The first-order valence-electron chi connectivity index (χ1n) is 5.73. The molecule has 0 fully saturated rings. The van der Waals surface area contributed by atoms with E-state index < -0.39 is 0 Å². The highest BCUT2D eigenvalue weighted by Gasteiger charge is 2.18. The fourth-order valence-corrected chi connectivity index (χ4v) is 2.60. The maximum absolute atomic E-state index is 6.16. The van der Waals surface area contributed by atoms with Crippen molar-refractivity contribution < 1.29 is 4.74 Å². The predicted octanol–water partition coefficient (Wildman–Crippen LogP) is 2.44. The van der Waals surface area contributed by atoms with Crippen LogP contribution in [0.5, 0.6) is 5.75 Å².